The number of carbonyl (C=O) groups excluding carboxylic acids is 2. The molecule has 0 radical (unpaired) electrons. The summed E-state index contributed by atoms with van der Waals surface area (Å²) in [4.78, 5) is 23.4. The van der Waals surface area contributed by atoms with Gasteiger partial charge in [0.15, 0.2) is 5.78 Å². The van der Waals surface area contributed by atoms with Gasteiger partial charge in [-0.25, -0.2) is 0 Å². The van der Waals surface area contributed by atoms with E-state index in [-0.39, 0.29) is 11.4 Å². The first-order valence-corrected chi connectivity index (χ1v) is 7.13. The summed E-state index contributed by atoms with van der Waals surface area (Å²) in [6, 6.07) is 5.36. The molecule has 1 aromatic rings. The molecule has 1 N–H and O–H groups in total. The summed E-state index contributed by atoms with van der Waals surface area (Å²) in [6.45, 7) is 3.49. The largest absolute Gasteiger partial charge is 0.501 e. The Kier molecular flexibility index (Phi) is 6.24. The number of amides is 1. The van der Waals surface area contributed by atoms with Gasteiger partial charge >= 0.3 is 0 Å². The molecule has 0 atom stereocenters. The van der Waals surface area contributed by atoms with Gasteiger partial charge in [0.05, 0.1) is 18.6 Å². The predicted octanol–water partition coefficient (Wildman–Crippen LogP) is 3.66. The van der Waals surface area contributed by atoms with E-state index in [4.69, 9.17) is 4.74 Å². The van der Waals surface area contributed by atoms with Crippen molar-refractivity contribution in [2.45, 2.75) is 13.8 Å². The number of halogens is 2. The number of ketones is 1. The molecule has 0 spiro atoms. The molecular formula is C13H13Br2NO3. The van der Waals surface area contributed by atoms with E-state index in [0.29, 0.717) is 12.3 Å². The molecule has 0 saturated carbocycles. The minimum absolute atomic E-state index is 0.0197. The van der Waals surface area contributed by atoms with E-state index in [9.17, 15) is 9.59 Å². The number of ether oxygens (including phenoxy) is 1. The summed E-state index contributed by atoms with van der Waals surface area (Å²) < 4.78 is 6.55. The maximum Gasteiger partial charge on any atom is 0.262 e. The smallest absolute Gasteiger partial charge is 0.262 e. The monoisotopic (exact) mass is 389 g/mol. The Hall–Kier alpha value is -1.14. The average molecular weight is 391 g/mol. The molecule has 102 valence electrons. The first-order valence-electron chi connectivity index (χ1n) is 5.54. The summed E-state index contributed by atoms with van der Waals surface area (Å²) in [5.41, 5.74) is 0.553. The van der Waals surface area contributed by atoms with Crippen molar-refractivity contribution < 1.29 is 14.3 Å². The van der Waals surface area contributed by atoms with Crippen LogP contribution >= 0.6 is 31.9 Å². The third-order valence-corrected chi connectivity index (χ3v) is 3.35. The fourth-order valence-electron chi connectivity index (χ4n) is 1.25. The second kappa shape index (κ2) is 7.45. The van der Waals surface area contributed by atoms with Crippen LogP contribution in [0.15, 0.2) is 39.0 Å². The van der Waals surface area contributed by atoms with Crippen molar-refractivity contribution >= 4 is 49.2 Å². The fraction of sp³-hybridized carbons (Fsp3) is 0.231. The van der Waals surface area contributed by atoms with E-state index in [0.717, 1.165) is 8.95 Å². The molecule has 0 aromatic heterocycles. The lowest BCUT2D eigenvalue weighted by Crippen LogP contribution is -2.19. The Morgan fingerprint density at radius 2 is 2.05 bits per heavy atom. The van der Waals surface area contributed by atoms with Gasteiger partial charge in [0.25, 0.3) is 5.91 Å². The maximum absolute atomic E-state index is 12.0. The molecule has 19 heavy (non-hydrogen) atoms. The fourth-order valence-corrected chi connectivity index (χ4v) is 1.95. The molecule has 4 nitrogen and oxygen atoms in total. The number of Topliss-reactive ketones (excluding diaryl/α,β-unsaturated/α-hetero) is 1. The summed E-state index contributed by atoms with van der Waals surface area (Å²) in [5, 5.41) is 2.66. The van der Waals surface area contributed by atoms with Crippen LogP contribution in [0.2, 0.25) is 0 Å². The van der Waals surface area contributed by atoms with Gasteiger partial charge in [0.1, 0.15) is 5.57 Å². The summed E-state index contributed by atoms with van der Waals surface area (Å²) >= 11 is 6.64. The van der Waals surface area contributed by atoms with Gasteiger partial charge in [-0.05, 0) is 48.0 Å². The number of benzene rings is 1. The molecule has 0 saturated heterocycles. The number of nitrogens with one attached hydrogen (secondary N) is 1. The highest BCUT2D eigenvalue weighted by molar-refractivity contribution is 9.11. The van der Waals surface area contributed by atoms with Crippen molar-refractivity contribution in [1.29, 1.82) is 0 Å². The Morgan fingerprint density at radius 1 is 1.37 bits per heavy atom. The van der Waals surface area contributed by atoms with Crippen molar-refractivity contribution in [2.24, 2.45) is 0 Å². The molecule has 1 amide bonds. The Morgan fingerprint density at radius 3 is 2.63 bits per heavy atom. The third kappa shape index (κ3) is 4.80. The molecule has 6 heteroatoms. The molecular weight excluding hydrogens is 378 g/mol. The molecule has 0 aliphatic carbocycles. The van der Waals surface area contributed by atoms with Crippen molar-refractivity contribution in [3.8, 4) is 0 Å². The Labute approximate surface area is 128 Å². The van der Waals surface area contributed by atoms with Crippen LogP contribution in [-0.4, -0.2) is 18.3 Å². The quantitative estimate of drug-likeness (QED) is 0.361. The number of hydrogen-bond donors (Lipinski definition) is 1. The third-order valence-electron chi connectivity index (χ3n) is 2.17. The van der Waals surface area contributed by atoms with Gasteiger partial charge in [-0.1, -0.05) is 15.9 Å². The number of anilines is 1. The zero-order chi connectivity index (χ0) is 14.4. The van der Waals surface area contributed by atoms with Gasteiger partial charge < -0.3 is 10.1 Å². The first-order chi connectivity index (χ1) is 8.95. The van der Waals surface area contributed by atoms with E-state index < -0.39 is 5.91 Å². The SMILES string of the molecule is CCOC=C(C(C)=O)C(=O)Nc1cc(Br)ccc1Br. The van der Waals surface area contributed by atoms with Crippen molar-refractivity contribution in [3.63, 3.8) is 0 Å². The minimum atomic E-state index is -0.500. The summed E-state index contributed by atoms with van der Waals surface area (Å²) in [7, 11) is 0. The Balaban J connectivity index is 2.93. The topological polar surface area (TPSA) is 55.4 Å². The Bertz CT molecular complexity index is 527. The number of rotatable bonds is 5. The first kappa shape index (κ1) is 15.9. The van der Waals surface area contributed by atoms with Crippen LogP contribution in [0.4, 0.5) is 5.69 Å². The molecule has 0 unspecified atom stereocenters. The average Bonchev–Trinajstić information content (AvgIpc) is 2.34. The minimum Gasteiger partial charge on any atom is -0.501 e. The second-order valence-electron chi connectivity index (χ2n) is 3.62. The van der Waals surface area contributed by atoms with Crippen LogP contribution in [0.3, 0.4) is 0 Å². The van der Waals surface area contributed by atoms with Crippen LogP contribution in [-0.2, 0) is 14.3 Å². The van der Waals surface area contributed by atoms with Crippen LogP contribution in [0.25, 0.3) is 0 Å². The van der Waals surface area contributed by atoms with Crippen LogP contribution in [0.1, 0.15) is 13.8 Å². The highest BCUT2D eigenvalue weighted by Crippen LogP contribution is 2.26. The molecule has 1 aromatic carbocycles. The van der Waals surface area contributed by atoms with E-state index in [1.54, 1.807) is 19.1 Å². The van der Waals surface area contributed by atoms with Crippen molar-refractivity contribution in [2.75, 3.05) is 11.9 Å². The lowest BCUT2D eigenvalue weighted by molar-refractivity contribution is -0.119. The zero-order valence-electron chi connectivity index (χ0n) is 10.5. The summed E-state index contributed by atoms with van der Waals surface area (Å²) in [6.07, 6.45) is 1.18. The van der Waals surface area contributed by atoms with E-state index in [1.165, 1.54) is 13.2 Å². The highest BCUT2D eigenvalue weighted by Gasteiger charge is 2.16. The lowest BCUT2D eigenvalue weighted by Gasteiger charge is -2.09. The van der Waals surface area contributed by atoms with Crippen LogP contribution in [0.5, 0.6) is 0 Å². The maximum atomic E-state index is 12.0. The van der Waals surface area contributed by atoms with Gasteiger partial charge in [-0.3, -0.25) is 9.59 Å². The molecule has 0 aliphatic heterocycles. The van der Waals surface area contributed by atoms with E-state index in [2.05, 4.69) is 37.2 Å². The zero-order valence-corrected chi connectivity index (χ0v) is 13.7. The summed E-state index contributed by atoms with van der Waals surface area (Å²) in [5.74, 6) is -0.850. The van der Waals surface area contributed by atoms with E-state index in [1.807, 2.05) is 6.07 Å². The van der Waals surface area contributed by atoms with Crippen LogP contribution < -0.4 is 5.32 Å². The molecule has 0 fully saturated rings. The van der Waals surface area contributed by atoms with Crippen LogP contribution in [0, 0.1) is 0 Å². The molecule has 0 heterocycles. The number of carbonyl (C=O) groups is 2. The highest BCUT2D eigenvalue weighted by atomic mass is 79.9. The van der Waals surface area contributed by atoms with Gasteiger partial charge in [-0.2, -0.15) is 0 Å². The van der Waals surface area contributed by atoms with E-state index >= 15 is 0 Å². The predicted molar refractivity (Wildman–Crippen MR) is 80.9 cm³/mol. The molecule has 0 bridgehead atoms. The second-order valence-corrected chi connectivity index (χ2v) is 5.39. The standard InChI is InChI=1S/C13H13Br2NO3/c1-3-19-7-10(8(2)17)13(18)16-12-6-9(14)4-5-11(12)15/h4-7H,3H2,1-2H3,(H,16,18). The number of hydrogen-bond acceptors (Lipinski definition) is 3. The van der Waals surface area contributed by atoms with Crippen molar-refractivity contribution in [3.05, 3.63) is 39.0 Å². The van der Waals surface area contributed by atoms with Gasteiger partial charge in [-0.15, -0.1) is 0 Å². The molecule has 1 rings (SSSR count). The van der Waals surface area contributed by atoms with Gasteiger partial charge in [0, 0.05) is 8.95 Å². The van der Waals surface area contributed by atoms with Crippen molar-refractivity contribution in [1.82, 2.24) is 0 Å². The van der Waals surface area contributed by atoms with Gasteiger partial charge in [0.2, 0.25) is 0 Å². The normalized spacial score (nSPS) is 11.1. The lowest BCUT2D eigenvalue weighted by atomic mass is 10.2. The molecule has 0 aliphatic rings.